The highest BCUT2D eigenvalue weighted by atomic mass is 19.4. The number of alkyl halides is 3. The predicted molar refractivity (Wildman–Crippen MR) is 155 cm³/mol. The number of aromatic nitrogens is 3. The molecule has 2 saturated heterocycles. The highest BCUT2D eigenvalue weighted by Gasteiger charge is 2.30. The molecule has 0 aliphatic carbocycles. The molecule has 0 unspecified atom stereocenters. The molecular weight excluding hydrogens is 541 g/mol. The minimum absolute atomic E-state index is 0.124. The molecule has 0 atom stereocenters. The molecule has 7 nitrogen and oxygen atoms in total. The van der Waals surface area contributed by atoms with E-state index in [0.29, 0.717) is 44.5 Å². The van der Waals surface area contributed by atoms with Gasteiger partial charge in [-0.1, -0.05) is 24.3 Å². The molecule has 4 heterocycles. The Labute approximate surface area is 243 Å². The second kappa shape index (κ2) is 11.9. The molecule has 0 saturated carbocycles. The number of amides is 1. The van der Waals surface area contributed by atoms with Crippen LogP contribution in [0, 0.1) is 6.92 Å². The van der Waals surface area contributed by atoms with Crippen LogP contribution in [0.4, 0.5) is 13.2 Å². The van der Waals surface area contributed by atoms with Gasteiger partial charge in [0.2, 0.25) is 0 Å². The molecule has 2 aromatic heterocycles. The van der Waals surface area contributed by atoms with Crippen LogP contribution in [-0.2, 0) is 19.3 Å². The van der Waals surface area contributed by atoms with E-state index in [1.807, 2.05) is 19.2 Å². The predicted octanol–water partition coefficient (Wildman–Crippen LogP) is 5.62. The lowest BCUT2D eigenvalue weighted by Gasteiger charge is -2.34. The summed E-state index contributed by atoms with van der Waals surface area (Å²) in [7, 11) is 0. The van der Waals surface area contributed by atoms with Crippen LogP contribution in [0.3, 0.4) is 0 Å². The van der Waals surface area contributed by atoms with Gasteiger partial charge in [0.1, 0.15) is 0 Å². The number of piperazine rings is 1. The van der Waals surface area contributed by atoms with E-state index in [1.165, 1.54) is 23.3 Å². The number of pyridine rings is 1. The second-order valence-electron chi connectivity index (χ2n) is 11.5. The summed E-state index contributed by atoms with van der Waals surface area (Å²) in [5.74, 6) is 0.691. The number of rotatable bonds is 6. The molecule has 2 fully saturated rings. The average Bonchev–Trinajstić information content (AvgIpc) is 3.42. The SMILES string of the molecule is Cc1ccc(CN2CCC(c3ccc4[nH]c(C(=O)N5CCN(Cc6ccc(C(F)(F)F)cc6)CC5)nc4c3)CC2)cn1. The van der Waals surface area contributed by atoms with E-state index in [2.05, 4.69) is 49.0 Å². The molecule has 220 valence electrons. The van der Waals surface area contributed by atoms with E-state index >= 15 is 0 Å². The molecule has 0 bridgehead atoms. The number of hydrogen-bond acceptors (Lipinski definition) is 5. The Kier molecular flexibility index (Phi) is 8.00. The number of benzene rings is 2. The zero-order valence-electron chi connectivity index (χ0n) is 23.7. The van der Waals surface area contributed by atoms with Gasteiger partial charge in [-0.2, -0.15) is 13.2 Å². The van der Waals surface area contributed by atoms with Gasteiger partial charge < -0.3 is 9.88 Å². The van der Waals surface area contributed by atoms with Crippen LogP contribution in [0.15, 0.2) is 60.8 Å². The number of fused-ring (bicyclic) bond motifs is 1. The zero-order chi connectivity index (χ0) is 29.3. The molecular formula is C32H35F3N6O. The molecule has 10 heteroatoms. The van der Waals surface area contributed by atoms with E-state index in [4.69, 9.17) is 0 Å². The van der Waals surface area contributed by atoms with Crippen molar-refractivity contribution < 1.29 is 18.0 Å². The molecule has 1 N–H and O–H groups in total. The largest absolute Gasteiger partial charge is 0.416 e. The minimum Gasteiger partial charge on any atom is -0.334 e. The van der Waals surface area contributed by atoms with E-state index < -0.39 is 11.7 Å². The Morgan fingerprint density at radius 2 is 1.55 bits per heavy atom. The van der Waals surface area contributed by atoms with Crippen molar-refractivity contribution in [3.05, 3.63) is 94.6 Å². The van der Waals surface area contributed by atoms with Crippen LogP contribution >= 0.6 is 0 Å². The Morgan fingerprint density at radius 1 is 0.881 bits per heavy atom. The number of halogens is 3. The smallest absolute Gasteiger partial charge is 0.334 e. The summed E-state index contributed by atoms with van der Waals surface area (Å²) in [6, 6.07) is 15.8. The van der Waals surface area contributed by atoms with Crippen LogP contribution in [0.1, 0.15) is 57.3 Å². The second-order valence-corrected chi connectivity index (χ2v) is 11.5. The number of nitrogens with one attached hydrogen (secondary N) is 1. The molecule has 1 amide bonds. The van der Waals surface area contributed by atoms with Crippen molar-refractivity contribution in [3.63, 3.8) is 0 Å². The molecule has 4 aromatic rings. The number of H-pyrrole nitrogens is 1. The Morgan fingerprint density at radius 3 is 2.21 bits per heavy atom. The zero-order valence-corrected chi connectivity index (χ0v) is 23.7. The summed E-state index contributed by atoms with van der Waals surface area (Å²) in [6.07, 6.45) is -0.203. The van der Waals surface area contributed by atoms with Gasteiger partial charge in [-0.15, -0.1) is 0 Å². The average molecular weight is 577 g/mol. The van der Waals surface area contributed by atoms with E-state index in [0.717, 1.165) is 66.9 Å². The first-order chi connectivity index (χ1) is 20.2. The first kappa shape index (κ1) is 28.4. The van der Waals surface area contributed by atoms with Crippen LogP contribution in [0.2, 0.25) is 0 Å². The van der Waals surface area contributed by atoms with Crippen LogP contribution < -0.4 is 0 Å². The van der Waals surface area contributed by atoms with E-state index in [9.17, 15) is 18.0 Å². The summed E-state index contributed by atoms with van der Waals surface area (Å²) in [5, 5.41) is 0. The number of aryl methyl sites for hydroxylation is 1. The summed E-state index contributed by atoms with van der Waals surface area (Å²) in [6.45, 7) is 7.92. The van der Waals surface area contributed by atoms with Crippen molar-refractivity contribution in [2.45, 2.75) is 44.9 Å². The van der Waals surface area contributed by atoms with Gasteiger partial charge >= 0.3 is 6.18 Å². The highest BCUT2D eigenvalue weighted by molar-refractivity contribution is 5.94. The standard InChI is InChI=1S/C32H35F3N6O/c1-22-2-3-24(19-36-22)21-39-12-10-25(11-13-39)26-6-9-28-29(18-26)38-30(37-28)31(42)41-16-14-40(15-17-41)20-23-4-7-27(8-5-23)32(33,34)35/h2-9,18-19,25H,10-17,20-21H2,1H3,(H,37,38). The number of carbonyl (C=O) groups excluding carboxylic acids is 1. The molecule has 6 rings (SSSR count). The Hall–Kier alpha value is -3.76. The topological polar surface area (TPSA) is 68.4 Å². The van der Waals surface area contributed by atoms with Crippen molar-refractivity contribution in [2.24, 2.45) is 0 Å². The van der Waals surface area contributed by atoms with Crippen molar-refractivity contribution in [2.75, 3.05) is 39.3 Å². The maximum absolute atomic E-state index is 13.3. The van der Waals surface area contributed by atoms with E-state index in [1.54, 1.807) is 4.90 Å². The fourth-order valence-corrected chi connectivity index (χ4v) is 5.97. The number of aromatic amines is 1. The third kappa shape index (κ3) is 6.50. The maximum atomic E-state index is 13.3. The molecule has 42 heavy (non-hydrogen) atoms. The third-order valence-electron chi connectivity index (χ3n) is 8.49. The maximum Gasteiger partial charge on any atom is 0.416 e. The number of likely N-dealkylation sites (tertiary alicyclic amines) is 1. The van der Waals surface area contributed by atoms with Gasteiger partial charge in [0.15, 0.2) is 5.82 Å². The lowest BCUT2D eigenvalue weighted by molar-refractivity contribution is -0.137. The number of carbonyl (C=O) groups is 1. The molecule has 0 radical (unpaired) electrons. The fraction of sp³-hybridized carbons (Fsp3) is 0.406. The molecule has 2 aliphatic rings. The van der Waals surface area contributed by atoms with Gasteiger partial charge in [-0.25, -0.2) is 4.98 Å². The van der Waals surface area contributed by atoms with Crippen molar-refractivity contribution in [3.8, 4) is 0 Å². The Bertz CT molecular complexity index is 1520. The molecule has 0 spiro atoms. The van der Waals surface area contributed by atoms with Gasteiger partial charge in [0.05, 0.1) is 16.6 Å². The number of nitrogens with zero attached hydrogens (tertiary/aromatic N) is 5. The monoisotopic (exact) mass is 576 g/mol. The number of hydrogen-bond donors (Lipinski definition) is 1. The van der Waals surface area contributed by atoms with Crippen molar-refractivity contribution >= 4 is 16.9 Å². The highest BCUT2D eigenvalue weighted by Crippen LogP contribution is 2.31. The summed E-state index contributed by atoms with van der Waals surface area (Å²) in [4.78, 5) is 32.0. The lowest BCUT2D eigenvalue weighted by Crippen LogP contribution is -2.48. The quantitative estimate of drug-likeness (QED) is 0.323. The normalized spacial score (nSPS) is 17.7. The van der Waals surface area contributed by atoms with E-state index in [-0.39, 0.29) is 5.91 Å². The van der Waals surface area contributed by atoms with Gasteiger partial charge in [-0.3, -0.25) is 19.6 Å². The van der Waals surface area contributed by atoms with Crippen molar-refractivity contribution in [1.29, 1.82) is 0 Å². The first-order valence-electron chi connectivity index (χ1n) is 14.5. The van der Waals surface area contributed by atoms with Gasteiger partial charge in [-0.05, 0) is 85.8 Å². The van der Waals surface area contributed by atoms with Crippen LogP contribution in [-0.4, -0.2) is 74.8 Å². The van der Waals surface area contributed by atoms with Gasteiger partial charge in [0.25, 0.3) is 5.91 Å². The minimum atomic E-state index is -4.33. The van der Waals surface area contributed by atoms with Gasteiger partial charge in [0, 0.05) is 51.2 Å². The van der Waals surface area contributed by atoms with Crippen molar-refractivity contribution in [1.82, 2.24) is 29.7 Å². The lowest BCUT2D eigenvalue weighted by atomic mass is 9.89. The van der Waals surface area contributed by atoms with Crippen LogP contribution in [0.5, 0.6) is 0 Å². The number of imidazole rings is 1. The molecule has 2 aromatic carbocycles. The molecule has 2 aliphatic heterocycles. The summed E-state index contributed by atoms with van der Waals surface area (Å²) < 4.78 is 38.5. The third-order valence-corrected chi connectivity index (χ3v) is 8.49. The summed E-state index contributed by atoms with van der Waals surface area (Å²) >= 11 is 0. The Balaban J connectivity index is 1.02. The summed E-state index contributed by atoms with van der Waals surface area (Å²) in [5.41, 5.74) is 5.39. The fourth-order valence-electron chi connectivity index (χ4n) is 5.97. The first-order valence-corrected chi connectivity index (χ1v) is 14.5. The van der Waals surface area contributed by atoms with Crippen LogP contribution in [0.25, 0.3) is 11.0 Å². The number of piperidine rings is 1.